The van der Waals surface area contributed by atoms with Gasteiger partial charge in [0.1, 0.15) is 0 Å². The van der Waals surface area contributed by atoms with Crippen molar-refractivity contribution in [3.63, 3.8) is 0 Å². The van der Waals surface area contributed by atoms with Crippen LogP contribution in [0.25, 0.3) is 0 Å². The molecule has 3 heteroatoms. The number of hydrogen-bond donors (Lipinski definition) is 1. The number of alkyl halides is 1. The van der Waals surface area contributed by atoms with Crippen molar-refractivity contribution in [3.05, 3.63) is 28.8 Å². The van der Waals surface area contributed by atoms with Crippen molar-refractivity contribution in [2.45, 2.75) is 6.42 Å². The second-order valence-corrected chi connectivity index (χ2v) is 3.08. The average molecular weight is 190 g/mol. The lowest BCUT2D eigenvalue weighted by Crippen LogP contribution is -1.90. The van der Waals surface area contributed by atoms with Crippen molar-refractivity contribution in [1.82, 2.24) is 0 Å². The molecular formula is C8H9Cl2N. The third kappa shape index (κ3) is 2.28. The summed E-state index contributed by atoms with van der Waals surface area (Å²) >= 11 is 11.3. The lowest BCUT2D eigenvalue weighted by molar-refractivity contribution is 1.15. The van der Waals surface area contributed by atoms with E-state index in [1.54, 1.807) is 6.07 Å². The van der Waals surface area contributed by atoms with Crippen LogP contribution in [0, 0.1) is 0 Å². The second kappa shape index (κ2) is 3.84. The molecule has 0 saturated heterocycles. The van der Waals surface area contributed by atoms with Crippen LogP contribution >= 0.6 is 23.2 Å². The lowest BCUT2D eigenvalue weighted by atomic mass is 10.1. The molecule has 11 heavy (non-hydrogen) atoms. The fourth-order valence-electron chi connectivity index (χ4n) is 0.858. The van der Waals surface area contributed by atoms with E-state index in [1.807, 2.05) is 12.1 Å². The van der Waals surface area contributed by atoms with Crippen LogP contribution in [0.3, 0.4) is 0 Å². The van der Waals surface area contributed by atoms with Crippen LogP contribution in [0.1, 0.15) is 5.56 Å². The van der Waals surface area contributed by atoms with Gasteiger partial charge in [-0.2, -0.15) is 0 Å². The van der Waals surface area contributed by atoms with Crippen molar-refractivity contribution in [2.75, 3.05) is 11.6 Å². The first-order chi connectivity index (χ1) is 5.24. The number of nitrogens with two attached hydrogens (primary N) is 1. The number of benzene rings is 1. The Morgan fingerprint density at radius 3 is 2.64 bits per heavy atom. The Bertz CT molecular complexity index is 248. The van der Waals surface area contributed by atoms with Gasteiger partial charge in [-0.3, -0.25) is 0 Å². The topological polar surface area (TPSA) is 26.0 Å². The third-order valence-electron chi connectivity index (χ3n) is 1.44. The predicted molar refractivity (Wildman–Crippen MR) is 50.3 cm³/mol. The van der Waals surface area contributed by atoms with Crippen LogP contribution in [0.2, 0.25) is 5.02 Å². The van der Waals surface area contributed by atoms with Gasteiger partial charge < -0.3 is 5.73 Å². The fraction of sp³-hybridized carbons (Fsp3) is 0.250. The molecule has 0 amide bonds. The Morgan fingerprint density at radius 1 is 1.36 bits per heavy atom. The van der Waals surface area contributed by atoms with E-state index >= 15 is 0 Å². The molecule has 0 radical (unpaired) electrons. The molecule has 1 aromatic rings. The van der Waals surface area contributed by atoms with Gasteiger partial charge in [0.25, 0.3) is 0 Å². The van der Waals surface area contributed by atoms with Crippen LogP contribution in [0.5, 0.6) is 0 Å². The highest BCUT2D eigenvalue weighted by molar-refractivity contribution is 6.33. The van der Waals surface area contributed by atoms with E-state index < -0.39 is 0 Å². The standard InChI is InChI=1S/C8H9Cl2N/c9-4-3-6-1-2-7(10)8(11)5-6/h1-2,5H,3-4,11H2. The van der Waals surface area contributed by atoms with Crippen molar-refractivity contribution < 1.29 is 0 Å². The Kier molecular flexibility index (Phi) is 3.03. The molecule has 0 saturated carbocycles. The Labute approximate surface area is 76.1 Å². The summed E-state index contributed by atoms with van der Waals surface area (Å²) < 4.78 is 0. The number of anilines is 1. The summed E-state index contributed by atoms with van der Waals surface area (Å²) in [5, 5.41) is 0.600. The van der Waals surface area contributed by atoms with Crippen molar-refractivity contribution in [3.8, 4) is 0 Å². The third-order valence-corrected chi connectivity index (χ3v) is 1.98. The highest BCUT2D eigenvalue weighted by atomic mass is 35.5. The molecule has 0 aliphatic heterocycles. The largest absolute Gasteiger partial charge is 0.398 e. The van der Waals surface area contributed by atoms with Crippen LogP contribution < -0.4 is 5.73 Å². The molecule has 1 aromatic carbocycles. The zero-order valence-electron chi connectivity index (χ0n) is 5.98. The van der Waals surface area contributed by atoms with Gasteiger partial charge in [0.15, 0.2) is 0 Å². The molecule has 0 aliphatic carbocycles. The van der Waals surface area contributed by atoms with Gasteiger partial charge in [0, 0.05) is 5.88 Å². The van der Waals surface area contributed by atoms with Crippen LogP contribution in [0.4, 0.5) is 5.69 Å². The molecule has 0 aromatic heterocycles. The van der Waals surface area contributed by atoms with E-state index in [9.17, 15) is 0 Å². The number of hydrogen-bond acceptors (Lipinski definition) is 1. The van der Waals surface area contributed by atoms with Crippen molar-refractivity contribution in [1.29, 1.82) is 0 Å². The molecule has 0 spiro atoms. The highest BCUT2D eigenvalue weighted by Gasteiger charge is 1.96. The van der Waals surface area contributed by atoms with Gasteiger partial charge in [-0.25, -0.2) is 0 Å². The molecule has 2 N–H and O–H groups in total. The summed E-state index contributed by atoms with van der Waals surface area (Å²) in [5.74, 6) is 0.612. The minimum Gasteiger partial charge on any atom is -0.398 e. The van der Waals surface area contributed by atoms with Crippen molar-refractivity contribution >= 4 is 28.9 Å². The van der Waals surface area contributed by atoms with E-state index in [0.29, 0.717) is 16.6 Å². The van der Waals surface area contributed by atoms with E-state index in [-0.39, 0.29) is 0 Å². The molecule has 0 unspecified atom stereocenters. The number of aryl methyl sites for hydroxylation is 1. The summed E-state index contributed by atoms with van der Waals surface area (Å²) in [6.45, 7) is 0. The van der Waals surface area contributed by atoms with Crippen LogP contribution in [-0.2, 0) is 6.42 Å². The van der Waals surface area contributed by atoms with Gasteiger partial charge >= 0.3 is 0 Å². The zero-order chi connectivity index (χ0) is 8.27. The van der Waals surface area contributed by atoms with E-state index in [0.717, 1.165) is 12.0 Å². The molecule has 1 nitrogen and oxygen atoms in total. The summed E-state index contributed by atoms with van der Waals surface area (Å²) in [6, 6.07) is 5.57. The first kappa shape index (κ1) is 8.69. The Hall–Kier alpha value is -0.400. The van der Waals surface area contributed by atoms with Gasteiger partial charge in [-0.05, 0) is 24.1 Å². The summed E-state index contributed by atoms with van der Waals surface area (Å²) in [5.41, 5.74) is 7.32. The maximum absolute atomic E-state index is 5.72. The van der Waals surface area contributed by atoms with Gasteiger partial charge in [-0.1, -0.05) is 17.7 Å². The molecule has 0 bridgehead atoms. The number of halogens is 2. The minimum absolute atomic E-state index is 0.600. The quantitative estimate of drug-likeness (QED) is 0.563. The normalized spacial score (nSPS) is 10.0. The van der Waals surface area contributed by atoms with Gasteiger partial charge in [0.05, 0.1) is 10.7 Å². The molecule has 1 rings (SSSR count). The number of nitrogen functional groups attached to an aromatic ring is 1. The maximum atomic E-state index is 5.72. The first-order valence-electron chi connectivity index (χ1n) is 3.34. The highest BCUT2D eigenvalue weighted by Crippen LogP contribution is 2.19. The molecule has 60 valence electrons. The van der Waals surface area contributed by atoms with Crippen LogP contribution in [0.15, 0.2) is 18.2 Å². The molecule has 0 atom stereocenters. The maximum Gasteiger partial charge on any atom is 0.0635 e. The van der Waals surface area contributed by atoms with Crippen molar-refractivity contribution in [2.24, 2.45) is 0 Å². The Morgan fingerprint density at radius 2 is 2.09 bits per heavy atom. The van der Waals surface area contributed by atoms with E-state index in [4.69, 9.17) is 28.9 Å². The second-order valence-electron chi connectivity index (χ2n) is 2.29. The Balaban J connectivity index is 2.86. The molecule has 0 aliphatic rings. The monoisotopic (exact) mass is 189 g/mol. The lowest BCUT2D eigenvalue weighted by Gasteiger charge is -2.00. The van der Waals surface area contributed by atoms with Gasteiger partial charge in [-0.15, -0.1) is 11.6 Å². The smallest absolute Gasteiger partial charge is 0.0635 e. The van der Waals surface area contributed by atoms with E-state index in [2.05, 4.69) is 0 Å². The minimum atomic E-state index is 0.600. The molecule has 0 heterocycles. The predicted octanol–water partition coefficient (Wildman–Crippen LogP) is 2.70. The number of rotatable bonds is 2. The van der Waals surface area contributed by atoms with Gasteiger partial charge in [0.2, 0.25) is 0 Å². The first-order valence-corrected chi connectivity index (χ1v) is 4.25. The molecule has 0 fully saturated rings. The summed E-state index contributed by atoms with van der Waals surface area (Å²) in [4.78, 5) is 0. The van der Waals surface area contributed by atoms with E-state index in [1.165, 1.54) is 0 Å². The molecular weight excluding hydrogens is 181 g/mol. The SMILES string of the molecule is Nc1cc(CCCl)ccc1Cl. The summed E-state index contributed by atoms with van der Waals surface area (Å²) in [6.07, 6.45) is 0.836. The zero-order valence-corrected chi connectivity index (χ0v) is 7.49. The van der Waals surface area contributed by atoms with Crippen LogP contribution in [-0.4, -0.2) is 5.88 Å². The fourth-order valence-corrected chi connectivity index (χ4v) is 1.19. The average Bonchev–Trinajstić information content (AvgIpc) is 1.98. The summed E-state index contributed by atoms with van der Waals surface area (Å²) in [7, 11) is 0.